The molecule has 1 N–H and O–H groups in total. The zero-order chi connectivity index (χ0) is 17.3. The third-order valence-corrected chi connectivity index (χ3v) is 6.04. The fourth-order valence-electron chi connectivity index (χ4n) is 2.70. The Bertz CT molecular complexity index is 867. The molecule has 128 valence electrons. The number of aromatic nitrogens is 1. The van der Waals surface area contributed by atoms with Crippen LogP contribution < -0.4 is 5.32 Å². The lowest BCUT2D eigenvalue weighted by atomic mass is 10.1. The minimum atomic E-state index is -3.57. The van der Waals surface area contributed by atoms with Gasteiger partial charge in [0.1, 0.15) is 5.76 Å². The van der Waals surface area contributed by atoms with E-state index in [-0.39, 0.29) is 10.5 Å². The largest absolute Gasteiger partial charge is 0.360 e. The summed E-state index contributed by atoms with van der Waals surface area (Å²) in [6.07, 6.45) is 1.73. The number of hydrogen-bond acceptors (Lipinski definition) is 5. The Labute approximate surface area is 140 Å². The van der Waals surface area contributed by atoms with Gasteiger partial charge in [-0.05, 0) is 44.4 Å². The van der Waals surface area contributed by atoms with Gasteiger partial charge in [0.2, 0.25) is 10.0 Å². The number of carbonyl (C=O) groups is 1. The normalized spacial score (nSPS) is 15.6. The summed E-state index contributed by atoms with van der Waals surface area (Å²) in [5.41, 5.74) is 0.884. The number of nitrogens with zero attached hydrogens (tertiary/aromatic N) is 2. The average molecular weight is 349 g/mol. The summed E-state index contributed by atoms with van der Waals surface area (Å²) in [7, 11) is -3.57. The van der Waals surface area contributed by atoms with Crippen molar-refractivity contribution < 1.29 is 17.7 Å². The molecule has 2 aromatic rings. The number of hydrogen-bond donors (Lipinski definition) is 1. The quantitative estimate of drug-likeness (QED) is 0.914. The van der Waals surface area contributed by atoms with E-state index in [1.807, 2.05) is 0 Å². The number of aryl methyl sites for hydroxylation is 2. The maximum Gasteiger partial charge on any atom is 0.256 e. The maximum atomic E-state index is 12.8. The van der Waals surface area contributed by atoms with Gasteiger partial charge in [0.25, 0.3) is 5.91 Å². The molecule has 0 spiro atoms. The van der Waals surface area contributed by atoms with Crippen molar-refractivity contribution in [1.82, 2.24) is 9.46 Å². The number of rotatable bonds is 4. The van der Waals surface area contributed by atoms with Crippen LogP contribution in [0.2, 0.25) is 0 Å². The van der Waals surface area contributed by atoms with Gasteiger partial charge in [0.05, 0.1) is 4.90 Å². The van der Waals surface area contributed by atoms with Crippen molar-refractivity contribution >= 4 is 21.7 Å². The van der Waals surface area contributed by atoms with Crippen LogP contribution in [0.5, 0.6) is 0 Å². The lowest BCUT2D eigenvalue weighted by Crippen LogP contribution is -2.28. The van der Waals surface area contributed by atoms with E-state index in [9.17, 15) is 13.2 Å². The van der Waals surface area contributed by atoms with Crippen molar-refractivity contribution in [3.63, 3.8) is 0 Å². The van der Waals surface area contributed by atoms with Crippen LogP contribution in [0.3, 0.4) is 0 Å². The first-order chi connectivity index (χ1) is 11.4. The first kappa shape index (κ1) is 16.7. The standard InChI is InChI=1S/C16H19N3O4S/c1-11-5-6-13(16(20)17-15-9-12(2)23-18-15)10-14(11)24(21,22)19-7-3-4-8-19/h5-6,9-10H,3-4,7-8H2,1-2H3,(H,17,18,20). The molecule has 1 aromatic heterocycles. The molecule has 0 saturated carbocycles. The van der Waals surface area contributed by atoms with Crippen LogP contribution in [0.4, 0.5) is 5.82 Å². The second-order valence-electron chi connectivity index (χ2n) is 5.87. The summed E-state index contributed by atoms with van der Waals surface area (Å²) in [6.45, 7) is 4.49. The van der Waals surface area contributed by atoms with Crippen molar-refractivity contribution in [3.8, 4) is 0 Å². The highest BCUT2D eigenvalue weighted by atomic mass is 32.2. The molecule has 7 nitrogen and oxygen atoms in total. The van der Waals surface area contributed by atoms with Crippen molar-refractivity contribution in [2.24, 2.45) is 0 Å². The summed E-state index contributed by atoms with van der Waals surface area (Å²) in [5.74, 6) is 0.440. The number of sulfonamides is 1. The minimum Gasteiger partial charge on any atom is -0.360 e. The fraction of sp³-hybridized carbons (Fsp3) is 0.375. The predicted octanol–water partition coefficient (Wildman–Crippen LogP) is 2.33. The van der Waals surface area contributed by atoms with Crippen LogP contribution in [-0.4, -0.2) is 36.9 Å². The van der Waals surface area contributed by atoms with Crippen LogP contribution in [0, 0.1) is 13.8 Å². The molecule has 24 heavy (non-hydrogen) atoms. The molecule has 0 bridgehead atoms. The zero-order valence-electron chi connectivity index (χ0n) is 13.6. The van der Waals surface area contributed by atoms with E-state index in [1.54, 1.807) is 32.0 Å². The van der Waals surface area contributed by atoms with Crippen molar-refractivity contribution in [3.05, 3.63) is 41.2 Å². The maximum absolute atomic E-state index is 12.8. The van der Waals surface area contributed by atoms with Gasteiger partial charge < -0.3 is 9.84 Å². The highest BCUT2D eigenvalue weighted by Gasteiger charge is 2.29. The van der Waals surface area contributed by atoms with Crippen molar-refractivity contribution in [2.45, 2.75) is 31.6 Å². The molecule has 1 aliphatic rings. The van der Waals surface area contributed by atoms with Crippen LogP contribution in [0.15, 0.2) is 33.7 Å². The Morgan fingerprint density at radius 3 is 2.54 bits per heavy atom. The summed E-state index contributed by atoms with van der Waals surface area (Å²) in [5, 5.41) is 6.29. The van der Waals surface area contributed by atoms with Gasteiger partial charge in [-0.25, -0.2) is 8.42 Å². The van der Waals surface area contributed by atoms with E-state index in [1.165, 1.54) is 10.4 Å². The third-order valence-electron chi connectivity index (χ3n) is 4.00. The topological polar surface area (TPSA) is 92.5 Å². The molecule has 0 unspecified atom stereocenters. The van der Waals surface area contributed by atoms with E-state index in [0.717, 1.165) is 12.8 Å². The molecule has 1 saturated heterocycles. The van der Waals surface area contributed by atoms with Crippen LogP contribution in [0.25, 0.3) is 0 Å². The Hall–Kier alpha value is -2.19. The molecule has 1 aliphatic heterocycles. The van der Waals surface area contributed by atoms with Crippen LogP contribution in [0.1, 0.15) is 34.5 Å². The van der Waals surface area contributed by atoms with E-state index >= 15 is 0 Å². The second-order valence-corrected chi connectivity index (χ2v) is 7.77. The van der Waals surface area contributed by atoms with Gasteiger partial charge in [-0.15, -0.1) is 0 Å². The number of amides is 1. The highest BCUT2D eigenvalue weighted by molar-refractivity contribution is 7.89. The van der Waals surface area contributed by atoms with Gasteiger partial charge in [-0.3, -0.25) is 4.79 Å². The summed E-state index contributed by atoms with van der Waals surface area (Å²) < 4.78 is 31.9. The van der Waals surface area contributed by atoms with Gasteiger partial charge in [-0.2, -0.15) is 4.31 Å². The molecule has 8 heteroatoms. The first-order valence-corrected chi connectivity index (χ1v) is 9.17. The van der Waals surface area contributed by atoms with Gasteiger partial charge >= 0.3 is 0 Å². The lowest BCUT2D eigenvalue weighted by molar-refractivity contribution is 0.102. The monoisotopic (exact) mass is 349 g/mol. The van der Waals surface area contributed by atoms with Crippen LogP contribution >= 0.6 is 0 Å². The molecule has 1 aromatic carbocycles. The SMILES string of the molecule is Cc1cc(NC(=O)c2ccc(C)c(S(=O)(=O)N3CCCC3)c2)no1. The fourth-order valence-corrected chi connectivity index (χ4v) is 4.47. The zero-order valence-corrected chi connectivity index (χ0v) is 14.4. The van der Waals surface area contributed by atoms with E-state index < -0.39 is 15.9 Å². The highest BCUT2D eigenvalue weighted by Crippen LogP contribution is 2.25. The predicted molar refractivity (Wildman–Crippen MR) is 88.4 cm³/mol. The number of carbonyl (C=O) groups excluding carboxylic acids is 1. The Morgan fingerprint density at radius 2 is 1.92 bits per heavy atom. The molecule has 0 aliphatic carbocycles. The first-order valence-electron chi connectivity index (χ1n) is 7.73. The molecule has 1 amide bonds. The average Bonchev–Trinajstić information content (AvgIpc) is 3.19. The van der Waals surface area contributed by atoms with Crippen LogP contribution in [-0.2, 0) is 10.0 Å². The van der Waals surface area contributed by atoms with E-state index in [4.69, 9.17) is 4.52 Å². The Morgan fingerprint density at radius 1 is 1.21 bits per heavy atom. The third kappa shape index (κ3) is 3.20. The number of anilines is 1. The Kier molecular flexibility index (Phi) is 4.42. The smallest absolute Gasteiger partial charge is 0.256 e. The van der Waals surface area contributed by atoms with E-state index in [0.29, 0.717) is 30.2 Å². The summed E-state index contributed by atoms with van der Waals surface area (Å²) >= 11 is 0. The molecular weight excluding hydrogens is 330 g/mol. The molecule has 0 radical (unpaired) electrons. The van der Waals surface area contributed by atoms with Gasteiger partial charge in [0, 0.05) is 24.7 Å². The molecule has 1 fully saturated rings. The van der Waals surface area contributed by atoms with Crippen molar-refractivity contribution in [1.29, 1.82) is 0 Å². The molecule has 2 heterocycles. The number of benzene rings is 1. The van der Waals surface area contributed by atoms with Gasteiger partial charge in [-0.1, -0.05) is 11.2 Å². The van der Waals surface area contributed by atoms with E-state index in [2.05, 4.69) is 10.5 Å². The minimum absolute atomic E-state index is 0.174. The van der Waals surface area contributed by atoms with Gasteiger partial charge in [0.15, 0.2) is 5.82 Å². The Balaban J connectivity index is 1.89. The molecule has 0 atom stereocenters. The summed E-state index contributed by atoms with van der Waals surface area (Å²) in [6, 6.07) is 6.26. The molecule has 3 rings (SSSR count). The van der Waals surface area contributed by atoms with Crippen molar-refractivity contribution in [2.75, 3.05) is 18.4 Å². The second kappa shape index (κ2) is 6.37. The lowest BCUT2D eigenvalue weighted by Gasteiger charge is -2.17. The molecular formula is C16H19N3O4S. The summed E-state index contributed by atoms with van der Waals surface area (Å²) in [4.78, 5) is 12.5. The number of nitrogens with one attached hydrogen (secondary N) is 1.